The number of aldehydes is 1. The summed E-state index contributed by atoms with van der Waals surface area (Å²) in [5.41, 5.74) is -0.281. The first-order valence-electron chi connectivity index (χ1n) is 3.58. The summed E-state index contributed by atoms with van der Waals surface area (Å²) >= 11 is 0. The summed E-state index contributed by atoms with van der Waals surface area (Å²) in [4.78, 5) is 21.4. The lowest BCUT2D eigenvalue weighted by Gasteiger charge is -1.92. The summed E-state index contributed by atoms with van der Waals surface area (Å²) < 4.78 is 0. The van der Waals surface area contributed by atoms with Crippen molar-refractivity contribution in [2.24, 2.45) is 0 Å². The first-order chi connectivity index (χ1) is 6.06. The molecule has 13 heavy (non-hydrogen) atoms. The molecular formula is C9H8O4. The molecule has 0 amide bonds. The van der Waals surface area contributed by atoms with Crippen molar-refractivity contribution in [3.8, 4) is 11.5 Å². The van der Waals surface area contributed by atoms with Gasteiger partial charge in [-0.1, -0.05) is 0 Å². The molecule has 0 atom stereocenters. The molecule has 4 nitrogen and oxygen atoms in total. The van der Waals surface area contributed by atoms with Crippen LogP contribution in [0.4, 0.5) is 0 Å². The lowest BCUT2D eigenvalue weighted by Crippen LogP contribution is -1.93. The predicted octanol–water partition coefficient (Wildman–Crippen LogP) is 0.579. The topological polar surface area (TPSA) is 74.6 Å². The minimum atomic E-state index is -0.624. The van der Waals surface area contributed by atoms with Crippen LogP contribution in [0.5, 0.6) is 11.5 Å². The Hall–Kier alpha value is -1.84. The van der Waals surface area contributed by atoms with Crippen molar-refractivity contribution < 1.29 is 15.0 Å². The summed E-state index contributed by atoms with van der Waals surface area (Å²) in [5, 5.41) is 18.2. The fraction of sp³-hybridized carbons (Fsp3) is 0.111. The maximum absolute atomic E-state index is 11.0. The van der Waals surface area contributed by atoms with Gasteiger partial charge in [-0.25, -0.2) is 0 Å². The van der Waals surface area contributed by atoms with Crippen LogP contribution in [0, 0.1) is 6.92 Å². The highest BCUT2D eigenvalue weighted by atomic mass is 16.3. The molecule has 1 aromatic rings. The Morgan fingerprint density at radius 3 is 2.38 bits per heavy atom. The fourth-order valence-corrected chi connectivity index (χ4v) is 0.982. The quantitative estimate of drug-likeness (QED) is 0.620. The van der Waals surface area contributed by atoms with E-state index in [1.54, 1.807) is 0 Å². The van der Waals surface area contributed by atoms with Gasteiger partial charge >= 0.3 is 0 Å². The number of carbonyl (C=O) groups excluding carboxylic acids is 1. The second-order valence-corrected chi connectivity index (χ2v) is 2.64. The van der Waals surface area contributed by atoms with Gasteiger partial charge in [0.1, 0.15) is 5.75 Å². The Balaban J connectivity index is 3.70. The zero-order valence-corrected chi connectivity index (χ0v) is 6.94. The minimum absolute atomic E-state index is 0.0115. The molecule has 0 radical (unpaired) electrons. The molecule has 0 aromatic heterocycles. The molecule has 68 valence electrons. The van der Waals surface area contributed by atoms with E-state index in [-0.39, 0.29) is 5.56 Å². The van der Waals surface area contributed by atoms with Gasteiger partial charge in [0.05, 0.1) is 5.56 Å². The monoisotopic (exact) mass is 180 g/mol. The smallest absolute Gasteiger partial charge is 0.220 e. The highest BCUT2D eigenvalue weighted by molar-refractivity contribution is 5.81. The van der Waals surface area contributed by atoms with Crippen LogP contribution < -0.4 is 5.43 Å². The molecule has 1 rings (SSSR count). The Labute approximate surface area is 74.1 Å². The van der Waals surface area contributed by atoms with Crippen molar-refractivity contribution in [1.29, 1.82) is 0 Å². The molecule has 0 heterocycles. The number of hydrogen-bond donors (Lipinski definition) is 2. The van der Waals surface area contributed by atoms with E-state index in [2.05, 4.69) is 0 Å². The second-order valence-electron chi connectivity index (χ2n) is 2.64. The minimum Gasteiger partial charge on any atom is -0.507 e. The van der Waals surface area contributed by atoms with Crippen LogP contribution in [-0.4, -0.2) is 16.5 Å². The number of carbonyl (C=O) groups is 1. The second kappa shape index (κ2) is 3.26. The zero-order chi connectivity index (χ0) is 10.0. The molecule has 0 unspecified atom stereocenters. The Bertz CT molecular complexity index is 409. The van der Waals surface area contributed by atoms with Gasteiger partial charge in [0, 0.05) is 6.07 Å². The first kappa shape index (κ1) is 9.25. The highest BCUT2D eigenvalue weighted by Gasteiger charge is 2.05. The third kappa shape index (κ3) is 1.66. The van der Waals surface area contributed by atoms with Crippen LogP contribution in [0.15, 0.2) is 16.9 Å². The Morgan fingerprint density at radius 1 is 1.23 bits per heavy atom. The largest absolute Gasteiger partial charge is 0.507 e. The average Bonchev–Trinajstić information content (AvgIpc) is 2.11. The van der Waals surface area contributed by atoms with Gasteiger partial charge in [0.15, 0.2) is 12.0 Å². The molecule has 2 N–H and O–H groups in total. The van der Waals surface area contributed by atoms with Crippen molar-refractivity contribution in [2.75, 3.05) is 0 Å². The summed E-state index contributed by atoms with van der Waals surface area (Å²) in [6, 6.07) is 1.96. The van der Waals surface area contributed by atoms with Gasteiger partial charge in [-0.05, 0) is 18.6 Å². The van der Waals surface area contributed by atoms with E-state index in [1.165, 1.54) is 6.92 Å². The SMILES string of the molecule is Cc1cc(=O)c(O)cc(O)c1C=O. The van der Waals surface area contributed by atoms with E-state index in [4.69, 9.17) is 5.11 Å². The maximum atomic E-state index is 11.0. The lowest BCUT2D eigenvalue weighted by molar-refractivity contribution is 0.112. The molecule has 0 aliphatic rings. The summed E-state index contributed by atoms with van der Waals surface area (Å²) in [6.07, 6.45) is 0.434. The summed E-state index contributed by atoms with van der Waals surface area (Å²) in [5.74, 6) is -0.971. The highest BCUT2D eigenvalue weighted by Crippen LogP contribution is 2.18. The third-order valence-corrected chi connectivity index (χ3v) is 1.69. The Kier molecular flexibility index (Phi) is 2.32. The number of hydrogen-bond acceptors (Lipinski definition) is 4. The normalized spacial score (nSPS) is 9.62. The number of rotatable bonds is 1. The molecule has 0 aliphatic carbocycles. The summed E-state index contributed by atoms with van der Waals surface area (Å²) in [6.45, 7) is 1.50. The van der Waals surface area contributed by atoms with E-state index in [9.17, 15) is 14.7 Å². The lowest BCUT2D eigenvalue weighted by atomic mass is 10.2. The molecule has 0 aliphatic heterocycles. The third-order valence-electron chi connectivity index (χ3n) is 1.69. The molecule has 0 fully saturated rings. The predicted molar refractivity (Wildman–Crippen MR) is 46.2 cm³/mol. The van der Waals surface area contributed by atoms with E-state index < -0.39 is 16.9 Å². The first-order valence-corrected chi connectivity index (χ1v) is 3.58. The van der Waals surface area contributed by atoms with E-state index in [0.29, 0.717) is 11.8 Å². The van der Waals surface area contributed by atoms with Gasteiger partial charge in [-0.3, -0.25) is 9.59 Å². The molecular weight excluding hydrogens is 172 g/mol. The van der Waals surface area contributed by atoms with Gasteiger partial charge in [0.25, 0.3) is 0 Å². The molecule has 0 saturated carbocycles. The van der Waals surface area contributed by atoms with Crippen LogP contribution in [0.1, 0.15) is 15.9 Å². The maximum Gasteiger partial charge on any atom is 0.220 e. The van der Waals surface area contributed by atoms with Crippen LogP contribution in [0.2, 0.25) is 0 Å². The van der Waals surface area contributed by atoms with Gasteiger partial charge < -0.3 is 10.2 Å². The van der Waals surface area contributed by atoms with Crippen molar-refractivity contribution >= 4 is 6.29 Å². The van der Waals surface area contributed by atoms with E-state index >= 15 is 0 Å². The van der Waals surface area contributed by atoms with Gasteiger partial charge in [0.2, 0.25) is 5.43 Å². The molecule has 4 heteroatoms. The van der Waals surface area contributed by atoms with Crippen LogP contribution in [0.25, 0.3) is 0 Å². The van der Waals surface area contributed by atoms with E-state index in [1.807, 2.05) is 0 Å². The molecule has 0 spiro atoms. The Morgan fingerprint density at radius 2 is 1.85 bits per heavy atom. The molecule has 1 aromatic carbocycles. The van der Waals surface area contributed by atoms with Crippen molar-refractivity contribution in [1.82, 2.24) is 0 Å². The van der Waals surface area contributed by atoms with Crippen molar-refractivity contribution in [2.45, 2.75) is 6.92 Å². The van der Waals surface area contributed by atoms with Crippen molar-refractivity contribution in [3.63, 3.8) is 0 Å². The zero-order valence-electron chi connectivity index (χ0n) is 6.94. The molecule has 0 saturated heterocycles. The molecule has 0 bridgehead atoms. The summed E-state index contributed by atoms with van der Waals surface area (Å²) in [7, 11) is 0. The average molecular weight is 180 g/mol. The van der Waals surface area contributed by atoms with Gasteiger partial charge in [-0.15, -0.1) is 0 Å². The van der Waals surface area contributed by atoms with Crippen molar-refractivity contribution in [3.05, 3.63) is 33.5 Å². The number of aryl methyl sites for hydroxylation is 1. The van der Waals surface area contributed by atoms with E-state index in [0.717, 1.165) is 12.1 Å². The fourth-order valence-electron chi connectivity index (χ4n) is 0.982. The van der Waals surface area contributed by atoms with Crippen LogP contribution in [-0.2, 0) is 0 Å². The van der Waals surface area contributed by atoms with Crippen LogP contribution in [0.3, 0.4) is 0 Å². The van der Waals surface area contributed by atoms with Crippen LogP contribution >= 0.6 is 0 Å². The number of aromatic hydroxyl groups is 2. The van der Waals surface area contributed by atoms with Gasteiger partial charge in [-0.2, -0.15) is 0 Å². The standard InChI is InChI=1S/C9H8O4/c1-5-2-8(12)9(13)3-7(11)6(5)4-10/h2-4,11H,1H3,(H,12,13).